The van der Waals surface area contributed by atoms with E-state index in [-0.39, 0.29) is 17.9 Å². The second-order valence-electron chi connectivity index (χ2n) is 6.34. The Balaban J connectivity index is 2.74. The normalized spacial score (nSPS) is 30.0. The number of nitrogens with one attached hydrogen (secondary N) is 1. The van der Waals surface area contributed by atoms with Crippen LogP contribution in [0.15, 0.2) is 0 Å². The summed E-state index contributed by atoms with van der Waals surface area (Å²) in [5.41, 5.74) is -1.38. The predicted octanol–water partition coefficient (Wildman–Crippen LogP) is 1.61. The number of ether oxygens (including phenoxy) is 1. The predicted molar refractivity (Wildman–Crippen MR) is 70.9 cm³/mol. The third kappa shape index (κ3) is 3.19. The van der Waals surface area contributed by atoms with Crippen LogP contribution in [-0.2, 0) is 40.4 Å². The van der Waals surface area contributed by atoms with Gasteiger partial charge in [0.15, 0.2) is 0 Å². The van der Waals surface area contributed by atoms with E-state index in [0.29, 0.717) is 45.5 Å². The van der Waals surface area contributed by atoms with Gasteiger partial charge in [-0.3, -0.25) is 0 Å². The van der Waals surface area contributed by atoms with Crippen LogP contribution in [0.3, 0.4) is 0 Å². The van der Waals surface area contributed by atoms with Crippen molar-refractivity contribution >= 4 is 11.9 Å². The van der Waals surface area contributed by atoms with E-state index in [1.165, 1.54) is 0 Å². The maximum absolute atomic E-state index is 12.4. The van der Waals surface area contributed by atoms with E-state index in [2.05, 4.69) is 5.32 Å². The molecule has 1 amide bonds. The maximum atomic E-state index is 12.4. The monoisotopic (exact) mass is 472 g/mol. The molecule has 0 spiro atoms. The molecule has 0 aromatic carbocycles. The van der Waals surface area contributed by atoms with Crippen LogP contribution >= 0.6 is 0 Å². The fraction of sp³-hybridized carbons (Fsp3) is 0.857. The van der Waals surface area contributed by atoms with Gasteiger partial charge in [-0.05, 0) is 0 Å². The van der Waals surface area contributed by atoms with Crippen LogP contribution < -0.4 is 5.32 Å². The third-order valence-electron chi connectivity index (χ3n) is 5.17. The number of rotatable bonds is 6. The van der Waals surface area contributed by atoms with E-state index in [4.69, 9.17) is 4.74 Å². The van der Waals surface area contributed by atoms with Gasteiger partial charge in [0.1, 0.15) is 0 Å². The topological polar surface area (TPSA) is 75.6 Å². The molecule has 1 saturated carbocycles. The molecule has 1 fully saturated rings. The van der Waals surface area contributed by atoms with Crippen LogP contribution in [0.2, 0.25) is 3.93 Å². The number of hydrogen-bond acceptors (Lipinski definition) is 3. The van der Waals surface area contributed by atoms with Gasteiger partial charge >= 0.3 is 137 Å². The summed E-state index contributed by atoms with van der Waals surface area (Å²) in [6.07, 6.45) is 1.27. The van der Waals surface area contributed by atoms with Crippen molar-refractivity contribution < 1.29 is 45.6 Å². The van der Waals surface area contributed by atoms with E-state index in [0.717, 1.165) is 3.93 Å². The number of methoxy groups -OCH3 is 1. The Kier molecular flexibility index (Phi) is 6.02. The van der Waals surface area contributed by atoms with Crippen LogP contribution in [0.1, 0.15) is 33.6 Å². The molecule has 0 aliphatic heterocycles. The van der Waals surface area contributed by atoms with Gasteiger partial charge in [0, 0.05) is 0 Å². The number of carboxylic acids is 1. The molecule has 6 heteroatoms. The van der Waals surface area contributed by atoms with Gasteiger partial charge in [-0.2, -0.15) is 0 Å². The Bertz CT molecular complexity index is 381. The molecule has 110 valence electrons. The minimum absolute atomic E-state index is 0.0381. The molecular formula is C14H24HgNO4+. The number of carbonyl (C=O) groups is 2. The Morgan fingerprint density at radius 3 is 2.45 bits per heavy atom. The summed E-state index contributed by atoms with van der Waals surface area (Å²) in [5.74, 6) is -1.10. The van der Waals surface area contributed by atoms with Gasteiger partial charge in [-0.1, -0.05) is 0 Å². The summed E-state index contributed by atoms with van der Waals surface area (Å²) in [6, 6.07) is 0. The van der Waals surface area contributed by atoms with Crippen LogP contribution in [-0.4, -0.2) is 36.7 Å². The summed E-state index contributed by atoms with van der Waals surface area (Å²) in [6.45, 7) is 6.05. The summed E-state index contributed by atoms with van der Waals surface area (Å²) in [5, 5.41) is 12.4. The third-order valence-corrected chi connectivity index (χ3v) is 7.68. The van der Waals surface area contributed by atoms with Gasteiger partial charge in [0.2, 0.25) is 0 Å². The molecule has 3 unspecified atom stereocenters. The molecule has 3 atom stereocenters. The first-order chi connectivity index (χ1) is 9.20. The molecule has 0 aromatic heterocycles. The Morgan fingerprint density at radius 2 is 2.05 bits per heavy atom. The van der Waals surface area contributed by atoms with Crippen LogP contribution in [0.25, 0.3) is 0 Å². The molecule has 2 N–H and O–H groups in total. The molecule has 0 heterocycles. The van der Waals surface area contributed by atoms with Crippen LogP contribution in [0.4, 0.5) is 0 Å². The van der Waals surface area contributed by atoms with Gasteiger partial charge in [0.05, 0.1) is 0 Å². The molecule has 20 heavy (non-hydrogen) atoms. The molecular weight excluding hydrogens is 447 g/mol. The van der Waals surface area contributed by atoms with Gasteiger partial charge in [-0.15, -0.1) is 0 Å². The quantitative estimate of drug-likeness (QED) is 0.578. The Hall–Kier alpha value is -0.165. The van der Waals surface area contributed by atoms with Crippen molar-refractivity contribution in [3.05, 3.63) is 0 Å². The standard InChI is InChI=1S/C14H24NO4.Hg/c1-9(19-5)8-15-11(16)10-6-7-14(4,12(17)18)13(10,2)3;/h9-10H,1,6-8H2,2-5H3,(H,15,16)(H,17,18);/q;+1. The number of carboxylic acid groups (broad SMARTS) is 1. The van der Waals surface area contributed by atoms with Crippen molar-refractivity contribution in [3.8, 4) is 0 Å². The van der Waals surface area contributed by atoms with Crippen LogP contribution in [0, 0.1) is 16.7 Å². The first kappa shape index (κ1) is 17.9. The zero-order valence-electron chi connectivity index (χ0n) is 12.9. The summed E-state index contributed by atoms with van der Waals surface area (Å²) >= 11 is 0.639. The fourth-order valence-corrected chi connectivity index (χ4v) is 4.69. The van der Waals surface area contributed by atoms with E-state index < -0.39 is 16.8 Å². The Labute approximate surface area is 136 Å². The minimum atomic E-state index is -0.837. The molecule has 5 nitrogen and oxygen atoms in total. The molecule has 0 aromatic rings. The van der Waals surface area contributed by atoms with E-state index in [9.17, 15) is 14.7 Å². The molecule has 1 aliphatic carbocycles. The molecule has 0 bridgehead atoms. The number of amides is 1. The van der Waals surface area contributed by atoms with Crippen molar-refractivity contribution in [2.45, 2.75) is 43.6 Å². The van der Waals surface area contributed by atoms with Crippen molar-refractivity contribution in [1.82, 2.24) is 5.32 Å². The fourth-order valence-electron chi connectivity index (χ4n) is 2.98. The second-order valence-corrected chi connectivity index (χ2v) is 8.59. The second kappa shape index (κ2) is 6.73. The zero-order chi connectivity index (χ0) is 15.6. The first-order valence-electron chi connectivity index (χ1n) is 7.04. The van der Waals surface area contributed by atoms with Gasteiger partial charge in [-0.25, -0.2) is 0 Å². The molecule has 0 saturated heterocycles. The first-order valence-corrected chi connectivity index (χ1v) is 10.9. The van der Waals surface area contributed by atoms with Crippen molar-refractivity contribution in [3.63, 3.8) is 0 Å². The van der Waals surface area contributed by atoms with E-state index in [1.807, 2.05) is 13.8 Å². The molecule has 1 rings (SSSR count). The van der Waals surface area contributed by atoms with Crippen molar-refractivity contribution in [2.24, 2.45) is 16.7 Å². The summed E-state index contributed by atoms with van der Waals surface area (Å²) in [7, 11) is 1.66. The Morgan fingerprint density at radius 1 is 1.45 bits per heavy atom. The van der Waals surface area contributed by atoms with Gasteiger partial charge in [0.25, 0.3) is 0 Å². The van der Waals surface area contributed by atoms with Crippen LogP contribution in [0.5, 0.6) is 0 Å². The molecule has 1 aliphatic rings. The SMILES string of the molecule is COC([CH2][Hg+])CNC(=O)C1CCC(C)(C(=O)O)C1(C)C. The van der Waals surface area contributed by atoms with E-state index >= 15 is 0 Å². The number of aliphatic carboxylic acids is 1. The number of hydrogen-bond donors (Lipinski definition) is 2. The average Bonchev–Trinajstić information content (AvgIpc) is 2.63. The number of carbonyl (C=O) groups excluding carboxylic acids is 1. The van der Waals surface area contributed by atoms with E-state index in [1.54, 1.807) is 14.0 Å². The summed E-state index contributed by atoms with van der Waals surface area (Å²) < 4.78 is 6.31. The average molecular weight is 471 g/mol. The summed E-state index contributed by atoms with van der Waals surface area (Å²) in [4.78, 5) is 23.9. The zero-order valence-corrected chi connectivity index (χ0v) is 18.4. The van der Waals surface area contributed by atoms with Crippen molar-refractivity contribution in [2.75, 3.05) is 13.7 Å². The van der Waals surface area contributed by atoms with Gasteiger partial charge < -0.3 is 0 Å². The molecule has 0 radical (unpaired) electrons. The van der Waals surface area contributed by atoms with Crippen molar-refractivity contribution in [1.29, 1.82) is 0 Å².